The number of hydrogen-bond donors (Lipinski definition) is 0. The molecule has 0 aliphatic rings. The Kier molecular flexibility index (Phi) is 11.9. The second kappa shape index (κ2) is 16.0. The van der Waals surface area contributed by atoms with Gasteiger partial charge in [-0.1, -0.05) is 108 Å². The van der Waals surface area contributed by atoms with Gasteiger partial charge in [0.05, 0.1) is 0 Å². The first-order valence-corrected chi connectivity index (χ1v) is 15.5. The molecule has 0 amide bonds. The molecule has 0 spiro atoms. The zero-order valence-electron chi connectivity index (χ0n) is 25.5. The summed E-state index contributed by atoms with van der Waals surface area (Å²) in [6.07, 6.45) is 12.0. The van der Waals surface area contributed by atoms with E-state index in [1.165, 1.54) is 16.7 Å². The van der Waals surface area contributed by atoms with Crippen molar-refractivity contribution in [3.63, 3.8) is 0 Å². The predicted molar refractivity (Wildman–Crippen MR) is 180 cm³/mol. The second-order valence-corrected chi connectivity index (χ2v) is 11.3. The van der Waals surface area contributed by atoms with Crippen LogP contribution in [0.1, 0.15) is 63.1 Å². The number of hydrogen-bond acceptors (Lipinski definition) is 2. The fraction of sp³-hybridized carbons (Fsp3) is 0.282. The molecule has 0 saturated carbocycles. The van der Waals surface area contributed by atoms with Crippen LogP contribution in [-0.4, -0.2) is 5.88 Å². The van der Waals surface area contributed by atoms with Crippen LogP contribution in [0.4, 0.5) is 0 Å². The largest absolute Gasteiger partial charge is 0.488 e. The van der Waals surface area contributed by atoms with Crippen LogP contribution in [0.15, 0.2) is 120 Å². The quantitative estimate of drug-likeness (QED) is 0.109. The number of fused-ring (bicyclic) bond motifs is 1. The van der Waals surface area contributed by atoms with Crippen LogP contribution in [0, 0.1) is 6.92 Å². The van der Waals surface area contributed by atoms with Crippen LogP contribution in [0.5, 0.6) is 17.2 Å². The highest BCUT2D eigenvalue weighted by atomic mass is 35.5. The summed E-state index contributed by atoms with van der Waals surface area (Å²) in [4.78, 5) is 0. The Morgan fingerprint density at radius 2 is 1.21 bits per heavy atom. The van der Waals surface area contributed by atoms with Crippen molar-refractivity contribution >= 4 is 22.4 Å². The molecule has 4 rings (SSSR count). The van der Waals surface area contributed by atoms with Crippen molar-refractivity contribution in [3.8, 4) is 17.2 Å². The Morgan fingerprint density at radius 3 is 1.86 bits per heavy atom. The van der Waals surface area contributed by atoms with Crippen molar-refractivity contribution in [1.82, 2.24) is 0 Å². The average Bonchev–Trinajstić information content (AvgIpc) is 3.01. The first kappa shape index (κ1) is 31.2. The molecule has 0 atom stereocenters. The third-order valence-corrected chi connectivity index (χ3v) is 8.02. The number of benzene rings is 4. The lowest BCUT2D eigenvalue weighted by Gasteiger charge is -2.21. The van der Waals surface area contributed by atoms with Crippen LogP contribution in [0.25, 0.3) is 10.8 Å². The highest BCUT2D eigenvalue weighted by molar-refractivity contribution is 6.19. The van der Waals surface area contributed by atoms with Gasteiger partial charge in [-0.15, -0.1) is 11.6 Å². The summed E-state index contributed by atoms with van der Waals surface area (Å²) in [5, 5.41) is 2.13. The van der Waals surface area contributed by atoms with Gasteiger partial charge in [-0.3, -0.25) is 0 Å². The maximum Gasteiger partial charge on any atom is 0.139 e. The Balaban J connectivity index is 1.60. The topological polar surface area (TPSA) is 18.5 Å². The maximum absolute atomic E-state index is 6.62. The SMILES string of the molecule is C/C(=C\CC/C(C)=C/CC/C(C)=C/Cc1c(C)c(OCc2ccccc2)c2ccccc2c1Oc1ccccc1)CCl. The van der Waals surface area contributed by atoms with E-state index in [9.17, 15) is 0 Å². The third kappa shape index (κ3) is 8.87. The fourth-order valence-electron chi connectivity index (χ4n) is 5.06. The predicted octanol–water partition coefficient (Wildman–Crippen LogP) is 11.7. The van der Waals surface area contributed by atoms with E-state index < -0.39 is 0 Å². The molecule has 0 fully saturated rings. The van der Waals surface area contributed by atoms with Crippen molar-refractivity contribution in [3.05, 3.63) is 137 Å². The lowest BCUT2D eigenvalue weighted by Crippen LogP contribution is -2.03. The van der Waals surface area contributed by atoms with E-state index in [0.717, 1.165) is 76.8 Å². The van der Waals surface area contributed by atoms with Crippen LogP contribution in [0.2, 0.25) is 0 Å². The molecule has 4 aromatic rings. The Labute approximate surface area is 257 Å². The molecule has 0 aliphatic heterocycles. The van der Waals surface area contributed by atoms with Crippen LogP contribution in [0.3, 0.4) is 0 Å². The summed E-state index contributed by atoms with van der Waals surface area (Å²) in [5.74, 6) is 3.27. The van der Waals surface area contributed by atoms with Gasteiger partial charge in [0.1, 0.15) is 23.9 Å². The summed E-state index contributed by atoms with van der Waals surface area (Å²) < 4.78 is 13.2. The normalized spacial score (nSPS) is 12.5. The van der Waals surface area contributed by atoms with Crippen molar-refractivity contribution in [1.29, 1.82) is 0 Å². The number of allylic oxidation sites excluding steroid dienone is 6. The molecule has 0 heterocycles. The first-order chi connectivity index (χ1) is 20.5. The van der Waals surface area contributed by atoms with E-state index in [1.807, 2.05) is 36.4 Å². The van der Waals surface area contributed by atoms with Gasteiger partial charge in [0.15, 0.2) is 0 Å². The smallest absolute Gasteiger partial charge is 0.139 e. The molecule has 0 unspecified atom stereocenters. The van der Waals surface area contributed by atoms with E-state index in [4.69, 9.17) is 21.1 Å². The lowest BCUT2D eigenvalue weighted by molar-refractivity contribution is 0.307. The van der Waals surface area contributed by atoms with Gasteiger partial charge in [-0.2, -0.15) is 0 Å². The first-order valence-electron chi connectivity index (χ1n) is 14.9. The molecule has 0 saturated heterocycles. The lowest BCUT2D eigenvalue weighted by atomic mass is 9.95. The van der Waals surface area contributed by atoms with Crippen LogP contribution in [-0.2, 0) is 13.0 Å². The molecule has 2 nitrogen and oxygen atoms in total. The standard InChI is InChI=1S/C39H43ClO2/c1-29(16-14-18-31(3)27-40)15-13-17-30(2)25-26-35-32(4)38(41-28-33-19-7-5-8-20-33)36-23-11-12-24-37(36)39(35)42-34-21-9-6-10-22-34/h5-12,15,18-25H,13-14,16-17,26-28H2,1-4H3/b29-15+,30-25+,31-18+. The van der Waals surface area contributed by atoms with Gasteiger partial charge in [-0.25, -0.2) is 0 Å². The zero-order chi connectivity index (χ0) is 29.7. The highest BCUT2D eigenvalue weighted by Gasteiger charge is 2.19. The average molecular weight is 579 g/mol. The van der Waals surface area contributed by atoms with Gasteiger partial charge in [0.25, 0.3) is 0 Å². The van der Waals surface area contributed by atoms with Gasteiger partial charge in [0, 0.05) is 22.2 Å². The Hall–Kier alpha value is -3.75. The van der Waals surface area contributed by atoms with E-state index in [-0.39, 0.29) is 0 Å². The van der Waals surface area contributed by atoms with E-state index >= 15 is 0 Å². The summed E-state index contributed by atoms with van der Waals surface area (Å²) in [5.41, 5.74) is 7.49. The molecule has 0 bridgehead atoms. The molecule has 0 aromatic heterocycles. The van der Waals surface area contributed by atoms with Crippen molar-refractivity contribution < 1.29 is 9.47 Å². The van der Waals surface area contributed by atoms with Gasteiger partial charge in [0.2, 0.25) is 0 Å². The molecule has 0 N–H and O–H groups in total. The Morgan fingerprint density at radius 1 is 0.667 bits per heavy atom. The summed E-state index contributed by atoms with van der Waals surface area (Å²) in [6, 6.07) is 28.8. The molecular formula is C39H43ClO2. The van der Waals surface area contributed by atoms with Crippen LogP contribution < -0.4 is 9.47 Å². The number of halogens is 1. The second-order valence-electron chi connectivity index (χ2n) is 11.1. The summed E-state index contributed by atoms with van der Waals surface area (Å²) in [6.45, 7) is 9.23. The van der Waals surface area contributed by atoms with Crippen molar-refractivity contribution in [2.24, 2.45) is 0 Å². The molecular weight excluding hydrogens is 536 g/mol. The number of alkyl halides is 1. The van der Waals surface area contributed by atoms with Gasteiger partial charge >= 0.3 is 0 Å². The maximum atomic E-state index is 6.62. The van der Waals surface area contributed by atoms with Crippen LogP contribution >= 0.6 is 11.6 Å². The minimum atomic E-state index is 0.520. The number of para-hydroxylation sites is 1. The summed E-state index contributed by atoms with van der Waals surface area (Å²) >= 11 is 5.89. The number of rotatable bonds is 14. The van der Waals surface area contributed by atoms with Crippen molar-refractivity contribution in [2.75, 3.05) is 5.88 Å². The minimum Gasteiger partial charge on any atom is -0.488 e. The van der Waals surface area contributed by atoms with E-state index in [1.54, 1.807) is 0 Å². The molecule has 0 radical (unpaired) electrons. The molecule has 42 heavy (non-hydrogen) atoms. The molecule has 0 aliphatic carbocycles. The highest BCUT2D eigenvalue weighted by Crippen LogP contribution is 2.43. The monoisotopic (exact) mass is 578 g/mol. The van der Waals surface area contributed by atoms with Gasteiger partial charge in [-0.05, 0) is 83.1 Å². The number of ether oxygens (including phenoxy) is 2. The van der Waals surface area contributed by atoms with Crippen molar-refractivity contribution in [2.45, 2.75) is 66.4 Å². The molecule has 3 heteroatoms. The summed E-state index contributed by atoms with van der Waals surface area (Å²) in [7, 11) is 0. The minimum absolute atomic E-state index is 0.520. The fourth-order valence-corrected chi connectivity index (χ4v) is 5.17. The van der Waals surface area contributed by atoms with E-state index in [2.05, 4.69) is 94.5 Å². The third-order valence-electron chi connectivity index (χ3n) is 7.60. The van der Waals surface area contributed by atoms with Gasteiger partial charge < -0.3 is 9.47 Å². The zero-order valence-corrected chi connectivity index (χ0v) is 26.2. The molecule has 218 valence electrons. The molecule has 4 aromatic carbocycles. The Bertz CT molecular complexity index is 1530. The van der Waals surface area contributed by atoms with E-state index in [0.29, 0.717) is 12.5 Å².